The molecular formula is C23H27N3O2. The summed E-state index contributed by atoms with van der Waals surface area (Å²) in [6, 6.07) is 13.7. The molecule has 1 aromatic heterocycles. The summed E-state index contributed by atoms with van der Waals surface area (Å²) in [4.78, 5) is 10.0. The molecule has 1 fully saturated rings. The van der Waals surface area contributed by atoms with Crippen LogP contribution in [0.2, 0.25) is 0 Å². The molecule has 0 saturated carbocycles. The zero-order valence-electron chi connectivity index (χ0n) is 16.3. The monoisotopic (exact) mass is 377 g/mol. The van der Waals surface area contributed by atoms with E-state index in [0.29, 0.717) is 6.61 Å². The van der Waals surface area contributed by atoms with Gasteiger partial charge in [-0.1, -0.05) is 18.6 Å². The van der Waals surface area contributed by atoms with Crippen LogP contribution in [0, 0.1) is 6.92 Å². The quantitative estimate of drug-likeness (QED) is 0.607. The summed E-state index contributed by atoms with van der Waals surface area (Å²) < 4.78 is 5.87. The Bertz CT molecular complexity index is 954. The summed E-state index contributed by atoms with van der Waals surface area (Å²) in [6.07, 6.45) is 5.68. The van der Waals surface area contributed by atoms with Crippen molar-refractivity contribution < 1.29 is 9.84 Å². The zero-order valence-corrected chi connectivity index (χ0v) is 16.3. The van der Waals surface area contributed by atoms with Crippen LogP contribution in [0.1, 0.15) is 30.4 Å². The third kappa shape index (κ3) is 4.20. The van der Waals surface area contributed by atoms with Gasteiger partial charge in [-0.25, -0.2) is 0 Å². The van der Waals surface area contributed by atoms with E-state index in [1.165, 1.54) is 32.4 Å². The van der Waals surface area contributed by atoms with Crippen molar-refractivity contribution in [1.82, 2.24) is 9.88 Å². The Kier molecular flexibility index (Phi) is 5.63. The average Bonchev–Trinajstić information content (AvgIpc) is 3.04. The molecule has 5 heteroatoms. The molecule has 0 radical (unpaired) electrons. The number of hydrogen-bond acceptors (Lipinski definition) is 4. The average molecular weight is 377 g/mol. The number of rotatable bonds is 6. The number of aromatic amines is 1. The topological polar surface area (TPSA) is 60.9 Å². The standard InChI is InChI=1S/C23H27N3O2/c1-17-6-5-7-21-22(17)20(23(27)25-21)16-24-18-8-10-19(11-9-18)28-15-14-26-12-3-2-4-13-26/h5-11,16,25,27H,2-4,12-15H2,1H3. The Hall–Kier alpha value is -2.79. The molecule has 5 nitrogen and oxygen atoms in total. The second-order valence-electron chi connectivity index (χ2n) is 7.39. The lowest BCUT2D eigenvalue weighted by atomic mass is 10.1. The number of piperidine rings is 1. The van der Waals surface area contributed by atoms with E-state index in [1.54, 1.807) is 6.21 Å². The first-order chi connectivity index (χ1) is 13.7. The lowest BCUT2D eigenvalue weighted by Crippen LogP contribution is -2.33. The Morgan fingerprint density at radius 1 is 1.11 bits per heavy atom. The van der Waals surface area contributed by atoms with E-state index in [-0.39, 0.29) is 5.88 Å². The number of aryl methyl sites for hydroxylation is 1. The minimum Gasteiger partial charge on any atom is -0.494 e. The van der Waals surface area contributed by atoms with Gasteiger partial charge in [0.05, 0.1) is 11.3 Å². The maximum Gasteiger partial charge on any atom is 0.198 e. The predicted octanol–water partition coefficient (Wildman–Crippen LogP) is 4.80. The van der Waals surface area contributed by atoms with Gasteiger partial charge in [-0.2, -0.15) is 0 Å². The third-order valence-corrected chi connectivity index (χ3v) is 5.35. The van der Waals surface area contributed by atoms with Crippen molar-refractivity contribution in [2.75, 3.05) is 26.2 Å². The highest BCUT2D eigenvalue weighted by Crippen LogP contribution is 2.29. The Morgan fingerprint density at radius 2 is 1.89 bits per heavy atom. The molecule has 2 heterocycles. The highest BCUT2D eigenvalue weighted by molar-refractivity contribution is 6.04. The SMILES string of the molecule is Cc1cccc2[nH]c(O)c(C=Nc3ccc(OCCN4CCCCC4)cc3)c12. The molecule has 0 bridgehead atoms. The smallest absolute Gasteiger partial charge is 0.198 e. The van der Waals surface area contributed by atoms with Gasteiger partial charge in [-0.3, -0.25) is 9.89 Å². The first-order valence-corrected chi connectivity index (χ1v) is 10.0. The molecule has 2 aromatic carbocycles. The number of aromatic nitrogens is 1. The van der Waals surface area contributed by atoms with Crippen LogP contribution in [0.3, 0.4) is 0 Å². The molecule has 3 aromatic rings. The van der Waals surface area contributed by atoms with E-state index >= 15 is 0 Å². The van der Waals surface area contributed by atoms with Gasteiger partial charge in [0.25, 0.3) is 0 Å². The number of nitrogens with zero attached hydrogens (tertiary/aromatic N) is 2. The normalized spacial score (nSPS) is 15.5. The first-order valence-electron chi connectivity index (χ1n) is 10.0. The van der Waals surface area contributed by atoms with Gasteiger partial charge in [0.1, 0.15) is 12.4 Å². The minimum absolute atomic E-state index is 0.144. The number of likely N-dealkylation sites (tertiary alicyclic amines) is 1. The molecule has 0 aliphatic carbocycles. The van der Waals surface area contributed by atoms with Gasteiger partial charge in [0, 0.05) is 23.7 Å². The number of benzene rings is 2. The van der Waals surface area contributed by atoms with Crippen molar-refractivity contribution in [2.24, 2.45) is 4.99 Å². The van der Waals surface area contributed by atoms with Crippen LogP contribution in [0.25, 0.3) is 10.9 Å². The van der Waals surface area contributed by atoms with Crippen LogP contribution in [0.4, 0.5) is 5.69 Å². The van der Waals surface area contributed by atoms with E-state index in [0.717, 1.165) is 40.0 Å². The largest absolute Gasteiger partial charge is 0.494 e. The fraction of sp³-hybridized carbons (Fsp3) is 0.348. The van der Waals surface area contributed by atoms with Crippen molar-refractivity contribution in [3.8, 4) is 11.6 Å². The van der Waals surface area contributed by atoms with Crippen LogP contribution in [-0.4, -0.2) is 47.4 Å². The molecule has 1 aliphatic rings. The van der Waals surface area contributed by atoms with Gasteiger partial charge in [0.15, 0.2) is 5.88 Å². The highest BCUT2D eigenvalue weighted by Gasteiger charge is 2.11. The number of ether oxygens (including phenoxy) is 1. The zero-order chi connectivity index (χ0) is 19.3. The van der Waals surface area contributed by atoms with E-state index in [4.69, 9.17) is 4.74 Å². The summed E-state index contributed by atoms with van der Waals surface area (Å²) >= 11 is 0. The van der Waals surface area contributed by atoms with Crippen molar-refractivity contribution in [2.45, 2.75) is 26.2 Å². The summed E-state index contributed by atoms with van der Waals surface area (Å²) in [6.45, 7) is 6.11. The van der Waals surface area contributed by atoms with E-state index < -0.39 is 0 Å². The van der Waals surface area contributed by atoms with E-state index in [2.05, 4.69) is 14.9 Å². The molecule has 146 valence electrons. The second kappa shape index (κ2) is 8.48. The summed E-state index contributed by atoms with van der Waals surface area (Å²) in [5.74, 6) is 1.01. The maximum atomic E-state index is 10.2. The summed E-state index contributed by atoms with van der Waals surface area (Å²) in [5.41, 5.74) is 3.56. The molecule has 4 rings (SSSR count). The van der Waals surface area contributed by atoms with Crippen LogP contribution in [0.15, 0.2) is 47.5 Å². The Balaban J connectivity index is 1.39. The second-order valence-corrected chi connectivity index (χ2v) is 7.39. The number of aromatic hydroxyl groups is 1. The van der Waals surface area contributed by atoms with Crippen LogP contribution >= 0.6 is 0 Å². The minimum atomic E-state index is 0.144. The predicted molar refractivity (Wildman–Crippen MR) is 114 cm³/mol. The van der Waals surface area contributed by atoms with Crippen LogP contribution in [0.5, 0.6) is 11.6 Å². The van der Waals surface area contributed by atoms with Gasteiger partial charge >= 0.3 is 0 Å². The highest BCUT2D eigenvalue weighted by atomic mass is 16.5. The number of hydrogen-bond donors (Lipinski definition) is 2. The molecule has 1 aliphatic heterocycles. The number of H-pyrrole nitrogens is 1. The maximum absolute atomic E-state index is 10.2. The molecule has 0 atom stereocenters. The fourth-order valence-corrected chi connectivity index (χ4v) is 3.81. The Labute approximate surface area is 165 Å². The van der Waals surface area contributed by atoms with Crippen molar-refractivity contribution in [3.05, 3.63) is 53.6 Å². The van der Waals surface area contributed by atoms with E-state index in [1.807, 2.05) is 49.4 Å². The lowest BCUT2D eigenvalue weighted by Gasteiger charge is -2.26. The van der Waals surface area contributed by atoms with Crippen LogP contribution < -0.4 is 4.74 Å². The van der Waals surface area contributed by atoms with Gasteiger partial charge in [0.2, 0.25) is 0 Å². The molecule has 0 amide bonds. The Morgan fingerprint density at radius 3 is 2.68 bits per heavy atom. The van der Waals surface area contributed by atoms with Gasteiger partial charge in [-0.15, -0.1) is 0 Å². The number of fused-ring (bicyclic) bond motifs is 1. The number of nitrogens with one attached hydrogen (secondary N) is 1. The third-order valence-electron chi connectivity index (χ3n) is 5.35. The van der Waals surface area contributed by atoms with Gasteiger partial charge in [-0.05, 0) is 68.8 Å². The van der Waals surface area contributed by atoms with Crippen molar-refractivity contribution in [1.29, 1.82) is 0 Å². The lowest BCUT2D eigenvalue weighted by molar-refractivity contribution is 0.183. The number of aliphatic imine (C=N–C) groups is 1. The first kappa shape index (κ1) is 18.6. The fourth-order valence-electron chi connectivity index (χ4n) is 3.81. The summed E-state index contributed by atoms with van der Waals surface area (Å²) in [5, 5.41) is 11.2. The van der Waals surface area contributed by atoms with E-state index in [9.17, 15) is 5.11 Å². The molecule has 0 unspecified atom stereocenters. The molecule has 0 spiro atoms. The van der Waals surface area contributed by atoms with Crippen molar-refractivity contribution in [3.63, 3.8) is 0 Å². The molecule has 28 heavy (non-hydrogen) atoms. The van der Waals surface area contributed by atoms with Crippen molar-refractivity contribution >= 4 is 22.8 Å². The molecular weight excluding hydrogens is 350 g/mol. The molecule has 1 saturated heterocycles. The van der Waals surface area contributed by atoms with Gasteiger partial charge < -0.3 is 14.8 Å². The molecule has 2 N–H and O–H groups in total. The van der Waals surface area contributed by atoms with Crippen LogP contribution in [-0.2, 0) is 0 Å². The summed E-state index contributed by atoms with van der Waals surface area (Å²) in [7, 11) is 0.